The van der Waals surface area contributed by atoms with E-state index in [0.717, 1.165) is 11.1 Å². The Labute approximate surface area is 88.8 Å². The number of aryl methyl sites for hydroxylation is 1. The average Bonchev–Trinajstić information content (AvgIpc) is 2.17. The molecule has 1 rings (SSSR count). The van der Waals surface area contributed by atoms with E-state index in [4.69, 9.17) is 11.0 Å². The summed E-state index contributed by atoms with van der Waals surface area (Å²) < 4.78 is 0. The van der Waals surface area contributed by atoms with Crippen LogP contribution < -0.4 is 5.73 Å². The Bertz CT molecular complexity index is 441. The van der Waals surface area contributed by atoms with Crippen molar-refractivity contribution in [1.29, 1.82) is 5.26 Å². The van der Waals surface area contributed by atoms with Gasteiger partial charge >= 0.3 is 0 Å². The quantitative estimate of drug-likeness (QED) is 0.807. The van der Waals surface area contributed by atoms with E-state index in [1.807, 2.05) is 25.1 Å². The van der Waals surface area contributed by atoms with Crippen molar-refractivity contribution < 1.29 is 4.79 Å². The highest BCUT2D eigenvalue weighted by Gasteiger charge is 1.96. The Morgan fingerprint density at radius 1 is 1.60 bits per heavy atom. The molecule has 76 valence electrons. The van der Waals surface area contributed by atoms with Crippen molar-refractivity contribution in [1.82, 2.24) is 0 Å². The summed E-state index contributed by atoms with van der Waals surface area (Å²) >= 11 is 0. The Morgan fingerprint density at radius 2 is 2.33 bits per heavy atom. The molecule has 1 aromatic carbocycles. The molecule has 1 amide bonds. The van der Waals surface area contributed by atoms with E-state index in [0.29, 0.717) is 5.56 Å². The zero-order valence-corrected chi connectivity index (χ0v) is 8.53. The van der Waals surface area contributed by atoms with E-state index in [2.05, 4.69) is 6.07 Å². The summed E-state index contributed by atoms with van der Waals surface area (Å²) in [6.45, 7) is 1.88. The molecule has 3 heteroatoms. The summed E-state index contributed by atoms with van der Waals surface area (Å²) in [6.07, 6.45) is 3.76. The van der Waals surface area contributed by atoms with Gasteiger partial charge in [-0.25, -0.2) is 0 Å². The van der Waals surface area contributed by atoms with Gasteiger partial charge in [-0.15, -0.1) is 0 Å². The molecular formula is C12H12N2O. The average molecular weight is 200 g/mol. The molecule has 0 saturated carbocycles. The minimum absolute atomic E-state index is 0.235. The highest BCUT2D eigenvalue weighted by atomic mass is 16.1. The molecular weight excluding hydrogens is 188 g/mol. The molecule has 15 heavy (non-hydrogen) atoms. The van der Waals surface area contributed by atoms with Gasteiger partial charge < -0.3 is 5.73 Å². The molecule has 0 heterocycles. The van der Waals surface area contributed by atoms with E-state index in [-0.39, 0.29) is 12.3 Å². The van der Waals surface area contributed by atoms with Crippen molar-refractivity contribution >= 4 is 12.0 Å². The van der Waals surface area contributed by atoms with Crippen LogP contribution >= 0.6 is 0 Å². The molecule has 0 fully saturated rings. The summed E-state index contributed by atoms with van der Waals surface area (Å²) in [5.74, 6) is -0.350. The van der Waals surface area contributed by atoms with E-state index in [9.17, 15) is 4.79 Å². The number of nitrogens with zero attached hydrogens (tertiary/aromatic N) is 1. The third kappa shape index (κ3) is 3.28. The molecule has 0 aliphatic carbocycles. The first-order chi connectivity index (χ1) is 7.13. The number of primary amides is 1. The molecule has 1 aromatic rings. The summed E-state index contributed by atoms with van der Waals surface area (Å²) in [4.78, 5) is 10.5. The molecule has 0 spiro atoms. The largest absolute Gasteiger partial charge is 0.369 e. The monoisotopic (exact) mass is 200 g/mol. The van der Waals surface area contributed by atoms with Crippen molar-refractivity contribution in [3.05, 3.63) is 41.0 Å². The molecule has 0 saturated heterocycles. The van der Waals surface area contributed by atoms with Crippen molar-refractivity contribution in [3.8, 4) is 6.07 Å². The lowest BCUT2D eigenvalue weighted by Crippen LogP contribution is -2.07. The SMILES string of the molecule is Cc1cc(C=CCC(N)=O)ccc1C#N. The molecule has 3 nitrogen and oxygen atoms in total. The molecule has 0 aromatic heterocycles. The zero-order chi connectivity index (χ0) is 11.3. The number of nitrogens with two attached hydrogens (primary N) is 1. The van der Waals surface area contributed by atoms with Crippen LogP contribution in [0, 0.1) is 18.3 Å². The lowest BCUT2D eigenvalue weighted by atomic mass is 10.1. The second-order valence-electron chi connectivity index (χ2n) is 3.26. The van der Waals surface area contributed by atoms with Gasteiger partial charge in [0.15, 0.2) is 0 Å². The summed E-state index contributed by atoms with van der Waals surface area (Å²) in [7, 11) is 0. The molecule has 2 N–H and O–H groups in total. The second-order valence-corrected chi connectivity index (χ2v) is 3.26. The normalized spacial score (nSPS) is 10.1. The number of rotatable bonds is 3. The number of amides is 1. The molecule has 0 atom stereocenters. The topological polar surface area (TPSA) is 66.9 Å². The maximum absolute atomic E-state index is 10.5. The van der Waals surface area contributed by atoms with Crippen LogP contribution in [0.15, 0.2) is 24.3 Å². The third-order valence-electron chi connectivity index (χ3n) is 2.00. The van der Waals surface area contributed by atoms with Gasteiger partial charge in [0, 0.05) is 6.42 Å². The standard InChI is InChI=1S/C12H12N2O/c1-9-7-10(3-2-4-12(14)15)5-6-11(9)8-13/h2-3,5-7H,4H2,1H3,(H2,14,15). The fourth-order valence-electron chi connectivity index (χ4n) is 1.23. The van der Waals surface area contributed by atoms with Crippen LogP contribution in [0.3, 0.4) is 0 Å². The van der Waals surface area contributed by atoms with E-state index < -0.39 is 0 Å². The van der Waals surface area contributed by atoms with Crippen LogP contribution in [0.5, 0.6) is 0 Å². The minimum atomic E-state index is -0.350. The molecule has 0 aliphatic heterocycles. The van der Waals surface area contributed by atoms with E-state index >= 15 is 0 Å². The van der Waals surface area contributed by atoms with Gasteiger partial charge in [0.05, 0.1) is 11.6 Å². The third-order valence-corrected chi connectivity index (χ3v) is 2.00. The van der Waals surface area contributed by atoms with Gasteiger partial charge in [-0.2, -0.15) is 5.26 Å². The van der Waals surface area contributed by atoms with Crippen LogP contribution in [0.4, 0.5) is 0 Å². The van der Waals surface area contributed by atoms with Crippen LogP contribution in [-0.2, 0) is 4.79 Å². The van der Waals surface area contributed by atoms with Gasteiger partial charge in [0.1, 0.15) is 0 Å². The van der Waals surface area contributed by atoms with Crippen LogP contribution in [0.2, 0.25) is 0 Å². The molecule has 0 radical (unpaired) electrons. The molecule has 0 aliphatic rings. The summed E-state index contributed by atoms with van der Waals surface area (Å²) in [5.41, 5.74) is 7.56. The summed E-state index contributed by atoms with van der Waals surface area (Å²) in [5, 5.41) is 8.73. The van der Waals surface area contributed by atoms with Gasteiger partial charge in [0.2, 0.25) is 5.91 Å². The Balaban J connectivity index is 2.81. The number of hydrogen-bond acceptors (Lipinski definition) is 2. The molecule has 0 bridgehead atoms. The van der Waals surface area contributed by atoms with Crippen LogP contribution in [0.25, 0.3) is 6.08 Å². The number of nitriles is 1. The van der Waals surface area contributed by atoms with Gasteiger partial charge in [-0.3, -0.25) is 4.79 Å². The predicted octanol–water partition coefficient (Wildman–Crippen LogP) is 1.76. The second kappa shape index (κ2) is 4.97. The van der Waals surface area contributed by atoms with Crippen molar-refractivity contribution in [2.45, 2.75) is 13.3 Å². The minimum Gasteiger partial charge on any atom is -0.369 e. The lowest BCUT2D eigenvalue weighted by molar-refractivity contribution is -0.117. The van der Waals surface area contributed by atoms with Gasteiger partial charge in [0.25, 0.3) is 0 Å². The first-order valence-electron chi connectivity index (χ1n) is 4.59. The zero-order valence-electron chi connectivity index (χ0n) is 8.53. The smallest absolute Gasteiger partial charge is 0.221 e. The number of carbonyl (C=O) groups excluding carboxylic acids is 1. The van der Waals surface area contributed by atoms with Crippen LogP contribution in [-0.4, -0.2) is 5.91 Å². The first kappa shape index (κ1) is 11.0. The highest BCUT2D eigenvalue weighted by Crippen LogP contribution is 2.11. The Morgan fingerprint density at radius 3 is 2.87 bits per heavy atom. The number of hydrogen-bond donors (Lipinski definition) is 1. The molecule has 0 unspecified atom stereocenters. The van der Waals surface area contributed by atoms with Crippen LogP contribution in [0.1, 0.15) is 23.1 Å². The van der Waals surface area contributed by atoms with Gasteiger partial charge in [-0.05, 0) is 24.1 Å². The first-order valence-corrected chi connectivity index (χ1v) is 4.59. The van der Waals surface area contributed by atoms with Crippen molar-refractivity contribution in [2.24, 2.45) is 5.73 Å². The number of benzene rings is 1. The van der Waals surface area contributed by atoms with Crippen molar-refractivity contribution in [3.63, 3.8) is 0 Å². The van der Waals surface area contributed by atoms with E-state index in [1.54, 1.807) is 12.1 Å². The Kier molecular flexibility index (Phi) is 3.64. The highest BCUT2D eigenvalue weighted by molar-refractivity contribution is 5.76. The maximum atomic E-state index is 10.5. The lowest BCUT2D eigenvalue weighted by Gasteiger charge is -1.98. The fourth-order valence-corrected chi connectivity index (χ4v) is 1.23. The number of carbonyl (C=O) groups is 1. The maximum Gasteiger partial charge on any atom is 0.221 e. The van der Waals surface area contributed by atoms with Gasteiger partial charge in [-0.1, -0.05) is 24.3 Å². The predicted molar refractivity (Wildman–Crippen MR) is 58.7 cm³/mol. The Hall–Kier alpha value is -2.08. The van der Waals surface area contributed by atoms with Crippen molar-refractivity contribution in [2.75, 3.05) is 0 Å². The van der Waals surface area contributed by atoms with E-state index in [1.165, 1.54) is 0 Å². The fraction of sp³-hybridized carbons (Fsp3) is 0.167. The summed E-state index contributed by atoms with van der Waals surface area (Å²) in [6, 6.07) is 7.60.